The summed E-state index contributed by atoms with van der Waals surface area (Å²) < 4.78 is 5.40. The first-order valence-corrected chi connectivity index (χ1v) is 5.24. The number of fused-ring (bicyclic) bond motifs is 1. The highest BCUT2D eigenvalue weighted by Crippen LogP contribution is 2.29. The van der Waals surface area contributed by atoms with Crippen LogP contribution in [0.2, 0.25) is 0 Å². The fourth-order valence-electron chi connectivity index (χ4n) is 1.52. The van der Waals surface area contributed by atoms with Crippen molar-refractivity contribution in [1.82, 2.24) is 0 Å². The van der Waals surface area contributed by atoms with Crippen LogP contribution in [0, 0.1) is 0 Å². The molecule has 1 aliphatic rings. The molecule has 2 rings (SSSR count). The second-order valence-corrected chi connectivity index (χ2v) is 3.68. The van der Waals surface area contributed by atoms with E-state index in [2.05, 4.69) is 10.6 Å². The number of benzene rings is 1. The fourth-order valence-corrected chi connectivity index (χ4v) is 1.52. The Hall–Kier alpha value is -2.24. The van der Waals surface area contributed by atoms with Crippen molar-refractivity contribution in [2.24, 2.45) is 5.73 Å². The van der Waals surface area contributed by atoms with Crippen LogP contribution in [0.3, 0.4) is 0 Å². The highest BCUT2D eigenvalue weighted by atomic mass is 16.5. The Morgan fingerprint density at radius 3 is 3.12 bits per heavy atom. The van der Waals surface area contributed by atoms with Gasteiger partial charge in [-0.15, -0.1) is 0 Å². The Kier molecular flexibility index (Phi) is 3.13. The molecule has 0 saturated carbocycles. The van der Waals surface area contributed by atoms with E-state index in [9.17, 15) is 9.59 Å². The molecule has 2 amide bonds. The number of carbonyl (C=O) groups excluding carboxylic acids is 2. The zero-order chi connectivity index (χ0) is 12.3. The minimum atomic E-state index is -0.444. The molecule has 1 aromatic rings. The number of anilines is 2. The van der Waals surface area contributed by atoms with Gasteiger partial charge in [-0.25, -0.2) is 0 Å². The molecule has 0 saturated heterocycles. The number of carbonyl (C=O) groups is 2. The smallest absolute Gasteiger partial charge is 0.236 e. The summed E-state index contributed by atoms with van der Waals surface area (Å²) in [4.78, 5) is 22.0. The van der Waals surface area contributed by atoms with Gasteiger partial charge >= 0.3 is 0 Å². The van der Waals surface area contributed by atoms with E-state index in [-0.39, 0.29) is 12.5 Å². The third-order valence-corrected chi connectivity index (χ3v) is 2.31. The molecule has 4 N–H and O–H groups in total. The van der Waals surface area contributed by atoms with Crippen LogP contribution < -0.4 is 21.1 Å². The molecule has 0 bridgehead atoms. The lowest BCUT2D eigenvalue weighted by Crippen LogP contribution is -2.21. The van der Waals surface area contributed by atoms with Crippen molar-refractivity contribution >= 4 is 23.2 Å². The number of rotatable bonds is 3. The van der Waals surface area contributed by atoms with Gasteiger partial charge in [-0.05, 0) is 18.2 Å². The lowest BCUT2D eigenvalue weighted by molar-refractivity contribution is -0.117. The fraction of sp³-hybridized carbons (Fsp3) is 0.273. The molecule has 0 unspecified atom stereocenters. The number of hydrogen-bond donors (Lipinski definition) is 3. The Labute approximate surface area is 98.1 Å². The summed E-state index contributed by atoms with van der Waals surface area (Å²) in [6, 6.07) is 5.21. The maximum Gasteiger partial charge on any atom is 0.236 e. The lowest BCUT2D eigenvalue weighted by Gasteiger charge is -2.10. The molecule has 1 aromatic carbocycles. The van der Waals surface area contributed by atoms with Crippen molar-refractivity contribution in [3.63, 3.8) is 0 Å². The molecule has 1 aliphatic heterocycles. The number of amides is 2. The lowest BCUT2D eigenvalue weighted by atomic mass is 10.2. The van der Waals surface area contributed by atoms with Crippen molar-refractivity contribution in [1.29, 1.82) is 0 Å². The standard InChI is InChI=1S/C11H13N3O3/c12-10(15)6-13-7-1-2-9-8(5-7)14-11(16)3-4-17-9/h1-2,5,13H,3-4,6H2,(H2,12,15)(H,14,16). The molecule has 0 radical (unpaired) electrons. The van der Waals surface area contributed by atoms with Gasteiger partial charge in [0.15, 0.2) is 0 Å². The molecular formula is C11H13N3O3. The summed E-state index contributed by atoms with van der Waals surface area (Å²) in [6.45, 7) is 0.417. The van der Waals surface area contributed by atoms with Crippen LogP contribution in [0.5, 0.6) is 5.75 Å². The number of ether oxygens (including phenoxy) is 1. The largest absolute Gasteiger partial charge is 0.491 e. The van der Waals surface area contributed by atoms with Crippen LogP contribution in [0.25, 0.3) is 0 Å². The summed E-state index contributed by atoms with van der Waals surface area (Å²) in [7, 11) is 0. The first-order chi connectivity index (χ1) is 8.15. The van der Waals surface area contributed by atoms with E-state index in [1.54, 1.807) is 18.2 Å². The third-order valence-electron chi connectivity index (χ3n) is 2.31. The maximum atomic E-state index is 11.3. The SMILES string of the molecule is NC(=O)CNc1ccc2c(c1)NC(=O)CCO2. The van der Waals surface area contributed by atoms with E-state index in [4.69, 9.17) is 10.5 Å². The van der Waals surface area contributed by atoms with Crippen LogP contribution in [0.15, 0.2) is 18.2 Å². The van der Waals surface area contributed by atoms with Gasteiger partial charge in [0.2, 0.25) is 11.8 Å². The highest BCUT2D eigenvalue weighted by Gasteiger charge is 2.13. The maximum absolute atomic E-state index is 11.3. The van der Waals surface area contributed by atoms with Crippen molar-refractivity contribution in [3.8, 4) is 5.75 Å². The topological polar surface area (TPSA) is 93.5 Å². The first-order valence-electron chi connectivity index (χ1n) is 5.24. The second-order valence-electron chi connectivity index (χ2n) is 3.68. The molecule has 1 heterocycles. The molecule has 6 heteroatoms. The third kappa shape index (κ3) is 2.87. The quantitative estimate of drug-likeness (QED) is 0.702. The monoisotopic (exact) mass is 235 g/mol. The number of hydrogen-bond acceptors (Lipinski definition) is 4. The molecule has 6 nitrogen and oxygen atoms in total. The van der Waals surface area contributed by atoms with Gasteiger partial charge in [-0.3, -0.25) is 9.59 Å². The van der Waals surface area contributed by atoms with E-state index < -0.39 is 5.91 Å². The number of nitrogens with one attached hydrogen (secondary N) is 2. The van der Waals surface area contributed by atoms with Gasteiger partial charge in [0.05, 0.1) is 25.3 Å². The molecule has 17 heavy (non-hydrogen) atoms. The van der Waals surface area contributed by atoms with Gasteiger partial charge in [0.1, 0.15) is 5.75 Å². The molecular weight excluding hydrogens is 222 g/mol. The summed E-state index contributed by atoms with van der Waals surface area (Å²) in [5.74, 6) is 0.0940. The van der Waals surface area contributed by atoms with Gasteiger partial charge < -0.3 is 21.1 Å². The van der Waals surface area contributed by atoms with Gasteiger partial charge in [-0.1, -0.05) is 0 Å². The van der Waals surface area contributed by atoms with Crippen LogP contribution in [0.4, 0.5) is 11.4 Å². The predicted molar refractivity (Wildman–Crippen MR) is 62.9 cm³/mol. The normalized spacial score (nSPS) is 14.0. The Balaban J connectivity index is 2.17. The van der Waals surface area contributed by atoms with Crippen LogP contribution in [0.1, 0.15) is 6.42 Å². The second kappa shape index (κ2) is 4.73. The minimum Gasteiger partial charge on any atom is -0.491 e. The van der Waals surface area contributed by atoms with Crippen LogP contribution >= 0.6 is 0 Å². The summed E-state index contributed by atoms with van der Waals surface area (Å²) >= 11 is 0. The van der Waals surface area contributed by atoms with E-state index in [0.717, 1.165) is 0 Å². The zero-order valence-electron chi connectivity index (χ0n) is 9.16. The van der Waals surface area contributed by atoms with Gasteiger partial charge in [-0.2, -0.15) is 0 Å². The van der Waals surface area contributed by atoms with Crippen LogP contribution in [-0.2, 0) is 9.59 Å². The molecule has 90 valence electrons. The van der Waals surface area contributed by atoms with E-state index in [1.165, 1.54) is 0 Å². The minimum absolute atomic E-state index is 0.0492. The molecule has 0 aromatic heterocycles. The van der Waals surface area contributed by atoms with Gasteiger partial charge in [0, 0.05) is 5.69 Å². The molecule has 0 atom stereocenters. The van der Waals surface area contributed by atoms with Crippen molar-refractivity contribution in [2.45, 2.75) is 6.42 Å². The average Bonchev–Trinajstić information content (AvgIpc) is 2.46. The van der Waals surface area contributed by atoms with E-state index >= 15 is 0 Å². The van der Waals surface area contributed by atoms with E-state index in [0.29, 0.717) is 30.2 Å². The summed E-state index contributed by atoms with van der Waals surface area (Å²) in [5.41, 5.74) is 6.33. The van der Waals surface area contributed by atoms with Crippen molar-refractivity contribution in [3.05, 3.63) is 18.2 Å². The first kappa shape index (κ1) is 11.3. The number of nitrogens with two attached hydrogens (primary N) is 1. The Bertz CT molecular complexity index is 459. The summed E-state index contributed by atoms with van der Waals surface area (Å²) in [6.07, 6.45) is 0.332. The predicted octanol–water partition coefficient (Wildman–Crippen LogP) is 0.305. The van der Waals surface area contributed by atoms with Crippen molar-refractivity contribution < 1.29 is 14.3 Å². The summed E-state index contributed by atoms with van der Waals surface area (Å²) in [5, 5.41) is 5.58. The van der Waals surface area contributed by atoms with Crippen LogP contribution in [-0.4, -0.2) is 25.0 Å². The Morgan fingerprint density at radius 2 is 2.35 bits per heavy atom. The highest BCUT2D eigenvalue weighted by molar-refractivity contribution is 5.93. The molecule has 0 spiro atoms. The zero-order valence-corrected chi connectivity index (χ0v) is 9.16. The Morgan fingerprint density at radius 1 is 1.53 bits per heavy atom. The van der Waals surface area contributed by atoms with Crippen molar-refractivity contribution in [2.75, 3.05) is 23.8 Å². The number of primary amides is 1. The van der Waals surface area contributed by atoms with E-state index in [1.807, 2.05) is 0 Å². The molecule has 0 fully saturated rings. The average molecular weight is 235 g/mol. The molecule has 0 aliphatic carbocycles. The van der Waals surface area contributed by atoms with Gasteiger partial charge in [0.25, 0.3) is 0 Å².